The summed E-state index contributed by atoms with van der Waals surface area (Å²) in [5.41, 5.74) is 6.73. The van der Waals surface area contributed by atoms with Crippen LogP contribution in [0.3, 0.4) is 0 Å². The summed E-state index contributed by atoms with van der Waals surface area (Å²) >= 11 is 0. The number of hydrogen-bond acceptors (Lipinski definition) is 12. The average Bonchev–Trinajstić information content (AvgIpc) is 3.89. The van der Waals surface area contributed by atoms with Crippen LogP contribution in [0.15, 0.2) is 46.4 Å². The molecule has 6 aliphatic rings. The number of nitrogens with zero attached hydrogens (tertiary/aromatic N) is 6. The van der Waals surface area contributed by atoms with E-state index >= 15 is 0 Å². The van der Waals surface area contributed by atoms with Crippen LogP contribution >= 0.6 is 0 Å². The fraction of sp³-hybridized carbons (Fsp3) is 0.622. The van der Waals surface area contributed by atoms with Gasteiger partial charge in [0.25, 0.3) is 0 Å². The Morgan fingerprint density at radius 2 is 0.816 bits per heavy atom. The molecule has 8 rings (SSSR count). The summed E-state index contributed by atoms with van der Waals surface area (Å²) in [5.74, 6) is 1.36. The van der Waals surface area contributed by atoms with E-state index < -0.39 is 5.41 Å². The van der Waals surface area contributed by atoms with E-state index in [0.717, 1.165) is 116 Å². The normalized spacial score (nSPS) is 25.2. The number of ether oxygens (including phenoxy) is 6. The lowest BCUT2D eigenvalue weighted by molar-refractivity contribution is 0.121. The highest BCUT2D eigenvalue weighted by atomic mass is 16.5. The summed E-state index contributed by atoms with van der Waals surface area (Å²) in [5, 5.41) is 0. The molecule has 0 saturated carbocycles. The number of aliphatic imine (C=N–C) groups is 2. The number of hydrogen-bond donors (Lipinski definition) is 0. The maximum Gasteiger partial charge on any atom is 0.199 e. The molecule has 0 bridgehead atoms. The van der Waals surface area contributed by atoms with E-state index in [1.807, 2.05) is 0 Å². The van der Waals surface area contributed by atoms with Crippen LogP contribution in [0, 0.1) is 5.41 Å². The van der Waals surface area contributed by atoms with E-state index in [1.165, 1.54) is 22.7 Å². The third-order valence-electron chi connectivity index (χ3n) is 10.5. The molecule has 264 valence electrons. The number of anilines is 4. The first-order chi connectivity index (χ1) is 24.0. The Morgan fingerprint density at radius 3 is 1.16 bits per heavy atom. The van der Waals surface area contributed by atoms with Gasteiger partial charge in [0.05, 0.1) is 75.6 Å². The van der Waals surface area contributed by atoms with Crippen molar-refractivity contribution in [3.05, 3.63) is 47.5 Å². The number of benzene rings is 2. The van der Waals surface area contributed by atoms with Gasteiger partial charge in [0.2, 0.25) is 0 Å². The fourth-order valence-corrected chi connectivity index (χ4v) is 7.62. The monoisotopic (exact) mass is 674 g/mol. The smallest absolute Gasteiger partial charge is 0.199 e. The molecule has 2 atom stereocenters. The first kappa shape index (κ1) is 32.6. The topological polar surface area (TPSA) is 93.1 Å². The van der Waals surface area contributed by atoms with Crippen molar-refractivity contribution in [1.82, 2.24) is 0 Å². The standard InChI is InChI=1S/C37H50N6O6/c1-37(2,35-38-29(25-48-35)27-3-5-31(40-7-15-44-16-8-40)33(23-27)42-11-19-46-20-12-42)36-39-30(26-49-36)28-4-6-32(41-9-17-45-18-10-41)34(24-28)43-13-21-47-22-14-43/h3-6,23-24,29-30H,7-22,25-26H2,1-2H3/t29-,30-/m0/s1. The van der Waals surface area contributed by atoms with Crippen LogP contribution in [-0.2, 0) is 28.4 Å². The minimum absolute atomic E-state index is 0.0885. The summed E-state index contributed by atoms with van der Waals surface area (Å²) in [6.07, 6.45) is 0. The van der Waals surface area contributed by atoms with E-state index in [1.54, 1.807) is 0 Å². The molecule has 6 aliphatic heterocycles. The molecule has 0 spiro atoms. The minimum Gasteiger partial charge on any atom is -0.478 e. The molecule has 0 radical (unpaired) electrons. The highest BCUT2D eigenvalue weighted by Crippen LogP contribution is 2.40. The quantitative estimate of drug-likeness (QED) is 0.413. The van der Waals surface area contributed by atoms with Gasteiger partial charge in [0.1, 0.15) is 30.7 Å². The van der Waals surface area contributed by atoms with E-state index in [4.69, 9.17) is 38.4 Å². The highest BCUT2D eigenvalue weighted by Gasteiger charge is 2.42. The summed E-state index contributed by atoms with van der Waals surface area (Å²) < 4.78 is 35.4. The van der Waals surface area contributed by atoms with Crippen molar-refractivity contribution in [2.45, 2.75) is 25.9 Å². The SMILES string of the molecule is CC(C)(C1=N[C@H](c2ccc(N3CCOCC3)c(N3CCOCC3)c2)CO1)C1=N[C@H](c2ccc(N3CCOCC3)c(N3CCOCC3)c2)CO1. The molecule has 12 nitrogen and oxygen atoms in total. The molecule has 0 aliphatic carbocycles. The molecule has 12 heteroatoms. The van der Waals surface area contributed by atoms with Crippen molar-refractivity contribution in [2.24, 2.45) is 15.4 Å². The Kier molecular flexibility index (Phi) is 9.54. The first-order valence-corrected chi connectivity index (χ1v) is 18.1. The van der Waals surface area contributed by atoms with E-state index in [0.29, 0.717) is 25.0 Å². The number of morpholine rings is 4. The summed E-state index contributed by atoms with van der Waals surface area (Å²) in [6, 6.07) is 13.4. The van der Waals surface area contributed by atoms with Crippen molar-refractivity contribution in [1.29, 1.82) is 0 Å². The zero-order valence-corrected chi connectivity index (χ0v) is 29.0. The zero-order valence-electron chi connectivity index (χ0n) is 29.0. The second kappa shape index (κ2) is 14.3. The van der Waals surface area contributed by atoms with Crippen LogP contribution in [0.5, 0.6) is 0 Å². The van der Waals surface area contributed by atoms with Gasteiger partial charge in [-0.3, -0.25) is 0 Å². The van der Waals surface area contributed by atoms with Crippen LogP contribution in [0.25, 0.3) is 0 Å². The molecule has 4 saturated heterocycles. The van der Waals surface area contributed by atoms with Crippen molar-refractivity contribution in [3.63, 3.8) is 0 Å². The van der Waals surface area contributed by atoms with E-state index in [-0.39, 0.29) is 12.1 Å². The molecule has 6 heterocycles. The van der Waals surface area contributed by atoms with Gasteiger partial charge in [0, 0.05) is 52.4 Å². The van der Waals surface area contributed by atoms with Crippen molar-refractivity contribution < 1.29 is 28.4 Å². The summed E-state index contributed by atoms with van der Waals surface area (Å²) in [6.45, 7) is 18.3. The van der Waals surface area contributed by atoms with Gasteiger partial charge in [-0.05, 0) is 49.2 Å². The van der Waals surface area contributed by atoms with E-state index in [9.17, 15) is 0 Å². The third-order valence-corrected chi connectivity index (χ3v) is 10.5. The van der Waals surface area contributed by atoms with Crippen molar-refractivity contribution in [2.75, 3.05) is 138 Å². The Hall–Kier alpha value is -3.58. The highest BCUT2D eigenvalue weighted by molar-refractivity contribution is 6.05. The van der Waals surface area contributed by atoms with Gasteiger partial charge >= 0.3 is 0 Å². The lowest BCUT2D eigenvalue weighted by Gasteiger charge is -2.36. The van der Waals surface area contributed by atoms with Gasteiger partial charge < -0.3 is 48.0 Å². The first-order valence-electron chi connectivity index (χ1n) is 18.1. The molecular weight excluding hydrogens is 624 g/mol. The van der Waals surface area contributed by atoms with Crippen molar-refractivity contribution >= 4 is 34.5 Å². The maximum atomic E-state index is 6.35. The Morgan fingerprint density at radius 1 is 0.490 bits per heavy atom. The third kappa shape index (κ3) is 6.80. The number of rotatable bonds is 8. The molecule has 4 fully saturated rings. The largest absolute Gasteiger partial charge is 0.478 e. The lowest BCUT2D eigenvalue weighted by Crippen LogP contribution is -2.40. The molecule has 2 aromatic carbocycles. The second-order valence-electron chi connectivity index (χ2n) is 14.0. The van der Waals surface area contributed by atoms with Gasteiger partial charge in [-0.2, -0.15) is 0 Å². The Bertz CT molecular complexity index is 1410. The molecule has 0 amide bonds. The van der Waals surface area contributed by atoms with E-state index in [2.05, 4.69) is 69.8 Å². The molecule has 0 N–H and O–H groups in total. The zero-order chi connectivity index (χ0) is 33.2. The van der Waals surface area contributed by atoms with Gasteiger partial charge in [-0.25, -0.2) is 9.98 Å². The molecule has 0 unspecified atom stereocenters. The molecule has 0 aromatic heterocycles. The van der Waals surface area contributed by atoms with Crippen LogP contribution in [0.2, 0.25) is 0 Å². The van der Waals surface area contributed by atoms with Crippen LogP contribution in [-0.4, -0.2) is 130 Å². The van der Waals surface area contributed by atoms with Gasteiger partial charge in [0.15, 0.2) is 11.8 Å². The average molecular weight is 675 g/mol. The Labute approximate surface area is 289 Å². The van der Waals surface area contributed by atoms with Gasteiger partial charge in [-0.1, -0.05) is 12.1 Å². The molecule has 2 aromatic rings. The predicted molar refractivity (Wildman–Crippen MR) is 191 cm³/mol. The second-order valence-corrected chi connectivity index (χ2v) is 14.0. The van der Waals surface area contributed by atoms with Crippen LogP contribution in [0.1, 0.15) is 37.1 Å². The fourth-order valence-electron chi connectivity index (χ4n) is 7.62. The van der Waals surface area contributed by atoms with Crippen LogP contribution < -0.4 is 19.6 Å². The molecular formula is C37H50N6O6. The maximum absolute atomic E-state index is 6.35. The molecule has 49 heavy (non-hydrogen) atoms. The Balaban J connectivity index is 1.02. The minimum atomic E-state index is -0.592. The van der Waals surface area contributed by atoms with Crippen molar-refractivity contribution in [3.8, 4) is 0 Å². The summed E-state index contributed by atoms with van der Waals surface area (Å²) in [4.78, 5) is 20.1. The van der Waals surface area contributed by atoms with Gasteiger partial charge in [-0.15, -0.1) is 0 Å². The lowest BCUT2D eigenvalue weighted by atomic mass is 9.92. The summed E-state index contributed by atoms with van der Waals surface area (Å²) in [7, 11) is 0. The predicted octanol–water partition coefficient (Wildman–Crippen LogP) is 3.70. The van der Waals surface area contributed by atoms with Crippen LogP contribution in [0.4, 0.5) is 22.7 Å².